The van der Waals surface area contributed by atoms with Crippen LogP contribution < -0.4 is 0 Å². The molecule has 0 unspecified atom stereocenters. The van der Waals surface area contributed by atoms with E-state index in [2.05, 4.69) is 4.98 Å². The minimum Gasteiger partial charge on any atom is -0.453 e. The highest BCUT2D eigenvalue weighted by Crippen LogP contribution is 2.36. The number of imide groups is 1. The Kier molecular flexibility index (Phi) is 4.82. The highest BCUT2D eigenvalue weighted by Gasteiger charge is 2.50. The molecule has 1 aromatic carbocycles. The number of allylic oxidation sites excluding steroid dienone is 2. The Hall–Kier alpha value is -3.22. The second kappa shape index (κ2) is 7.31. The third-order valence-corrected chi connectivity index (χ3v) is 5.79. The largest absolute Gasteiger partial charge is 0.453 e. The Morgan fingerprint density at radius 3 is 2.34 bits per heavy atom. The van der Waals surface area contributed by atoms with Gasteiger partial charge in [-0.3, -0.25) is 19.3 Å². The van der Waals surface area contributed by atoms with Crippen molar-refractivity contribution in [3.8, 4) is 0 Å². The van der Waals surface area contributed by atoms with Gasteiger partial charge < -0.3 is 9.72 Å². The minimum atomic E-state index is -1.07. The fourth-order valence-electron chi connectivity index (χ4n) is 4.13. The Morgan fingerprint density at radius 1 is 1.07 bits per heavy atom. The molecular weight excluding hydrogens is 372 g/mol. The van der Waals surface area contributed by atoms with Gasteiger partial charge in [0.2, 0.25) is 17.6 Å². The predicted octanol–water partition coefficient (Wildman–Crippen LogP) is 2.62. The Labute approximate surface area is 167 Å². The molecule has 1 saturated heterocycles. The Morgan fingerprint density at radius 2 is 1.69 bits per heavy atom. The summed E-state index contributed by atoms with van der Waals surface area (Å²) in [4.78, 5) is 54.7. The van der Waals surface area contributed by atoms with Crippen LogP contribution in [0.15, 0.2) is 42.6 Å². The van der Waals surface area contributed by atoms with E-state index in [9.17, 15) is 19.2 Å². The van der Waals surface area contributed by atoms with Crippen molar-refractivity contribution in [3.63, 3.8) is 0 Å². The summed E-state index contributed by atoms with van der Waals surface area (Å²) in [6, 6.07) is 6.27. The fraction of sp³-hybridized carbons (Fsp3) is 0.364. The monoisotopic (exact) mass is 394 g/mol. The van der Waals surface area contributed by atoms with Crippen LogP contribution >= 0.6 is 0 Å². The number of aromatic nitrogens is 1. The summed E-state index contributed by atoms with van der Waals surface area (Å²) in [5.41, 5.74) is 1.24. The third-order valence-electron chi connectivity index (χ3n) is 5.79. The van der Waals surface area contributed by atoms with Crippen molar-refractivity contribution in [2.45, 2.75) is 38.8 Å². The number of likely N-dealkylation sites (tertiary alicyclic amines) is 1. The number of carbonyl (C=O) groups is 4. The summed E-state index contributed by atoms with van der Waals surface area (Å²) in [7, 11) is 0. The minimum absolute atomic E-state index is 0.343. The lowest BCUT2D eigenvalue weighted by molar-refractivity contribution is -0.159. The van der Waals surface area contributed by atoms with E-state index >= 15 is 0 Å². The molecule has 2 amide bonds. The number of amides is 2. The van der Waals surface area contributed by atoms with Crippen molar-refractivity contribution in [3.05, 3.63) is 48.2 Å². The third kappa shape index (κ3) is 3.16. The maximum atomic E-state index is 12.8. The number of nitrogens with zero attached hydrogens (tertiary/aromatic N) is 1. The fourth-order valence-corrected chi connectivity index (χ4v) is 4.13. The van der Waals surface area contributed by atoms with Gasteiger partial charge >= 0.3 is 5.97 Å². The summed E-state index contributed by atoms with van der Waals surface area (Å²) in [5.74, 6) is -2.62. The zero-order chi connectivity index (χ0) is 20.7. The second-order valence-electron chi connectivity index (χ2n) is 7.57. The van der Waals surface area contributed by atoms with Crippen LogP contribution in [0.25, 0.3) is 10.9 Å². The van der Waals surface area contributed by atoms with Crippen molar-refractivity contribution in [2.75, 3.05) is 0 Å². The summed E-state index contributed by atoms with van der Waals surface area (Å²) >= 11 is 0. The molecule has 4 atom stereocenters. The molecule has 2 heterocycles. The first kappa shape index (κ1) is 19.1. The van der Waals surface area contributed by atoms with Crippen LogP contribution in [0, 0.1) is 11.8 Å². The molecule has 1 aromatic heterocycles. The highest BCUT2D eigenvalue weighted by atomic mass is 16.5. The first-order valence-electron chi connectivity index (χ1n) is 9.73. The maximum Gasteiger partial charge on any atom is 0.329 e. The van der Waals surface area contributed by atoms with E-state index in [-0.39, 0.29) is 17.6 Å². The van der Waals surface area contributed by atoms with E-state index in [1.807, 2.05) is 36.4 Å². The number of aromatic amines is 1. The number of hydrogen-bond donors (Lipinski definition) is 1. The molecule has 150 valence electrons. The number of rotatable bonds is 5. The van der Waals surface area contributed by atoms with Gasteiger partial charge in [-0.15, -0.1) is 0 Å². The van der Waals surface area contributed by atoms with Crippen LogP contribution in [-0.2, 0) is 19.1 Å². The number of esters is 1. The van der Waals surface area contributed by atoms with Gasteiger partial charge in [0.05, 0.1) is 11.8 Å². The van der Waals surface area contributed by atoms with Gasteiger partial charge in [0.1, 0.15) is 6.04 Å². The Balaban J connectivity index is 1.46. The topological polar surface area (TPSA) is 96.5 Å². The van der Waals surface area contributed by atoms with Crippen LogP contribution in [0.5, 0.6) is 0 Å². The van der Waals surface area contributed by atoms with Crippen LogP contribution in [-0.4, -0.2) is 45.6 Å². The van der Waals surface area contributed by atoms with Crippen molar-refractivity contribution < 1.29 is 23.9 Å². The molecule has 7 nitrogen and oxygen atoms in total. The first-order chi connectivity index (χ1) is 13.9. The zero-order valence-electron chi connectivity index (χ0n) is 16.3. The van der Waals surface area contributed by atoms with Crippen LogP contribution in [0.4, 0.5) is 0 Å². The average Bonchev–Trinajstić information content (AvgIpc) is 3.26. The van der Waals surface area contributed by atoms with E-state index in [0.717, 1.165) is 15.8 Å². The number of hydrogen-bond acceptors (Lipinski definition) is 5. The molecule has 0 radical (unpaired) electrons. The number of H-pyrrole nitrogens is 1. The van der Waals surface area contributed by atoms with Gasteiger partial charge in [-0.2, -0.15) is 0 Å². The lowest BCUT2D eigenvalue weighted by atomic mass is 9.85. The molecule has 29 heavy (non-hydrogen) atoms. The molecule has 1 aliphatic carbocycles. The van der Waals surface area contributed by atoms with Gasteiger partial charge in [-0.05, 0) is 32.8 Å². The van der Waals surface area contributed by atoms with Gasteiger partial charge in [0.15, 0.2) is 6.10 Å². The molecule has 0 saturated carbocycles. The average molecular weight is 394 g/mol. The standard InChI is InChI=1S/C22H22N2O5/c1-12(24-20(26)15-8-3-4-9-16(15)21(24)27)22(28)29-13(2)19(25)17-11-23-18-10-6-5-7-14(17)18/h3-7,10-13,15-16,23H,8-9H2,1-2H3/t12-,13-,15-,16+/m0/s1. The number of benzene rings is 1. The molecule has 1 N–H and O–H groups in total. The lowest BCUT2D eigenvalue weighted by Crippen LogP contribution is -2.45. The Bertz CT molecular complexity index is 1010. The molecule has 2 aliphatic rings. The van der Waals surface area contributed by atoms with Gasteiger partial charge in [-0.1, -0.05) is 30.4 Å². The number of ketones is 1. The zero-order valence-corrected chi connectivity index (χ0v) is 16.3. The molecule has 0 bridgehead atoms. The van der Waals surface area contributed by atoms with Gasteiger partial charge in [-0.25, -0.2) is 4.79 Å². The molecule has 1 aliphatic heterocycles. The van der Waals surface area contributed by atoms with E-state index in [1.165, 1.54) is 13.8 Å². The smallest absolute Gasteiger partial charge is 0.329 e. The van der Waals surface area contributed by atoms with Crippen LogP contribution in [0.2, 0.25) is 0 Å². The molecule has 4 rings (SSSR count). The molecular formula is C22H22N2O5. The van der Waals surface area contributed by atoms with Crippen LogP contribution in [0.3, 0.4) is 0 Å². The van der Waals surface area contributed by atoms with E-state index < -0.39 is 30.0 Å². The molecule has 0 spiro atoms. The summed E-state index contributed by atoms with van der Waals surface area (Å²) in [6.07, 6.45) is 5.33. The van der Waals surface area contributed by atoms with Crippen LogP contribution in [0.1, 0.15) is 37.0 Å². The number of para-hydroxylation sites is 1. The van der Waals surface area contributed by atoms with E-state index in [1.54, 1.807) is 6.20 Å². The molecule has 2 aromatic rings. The van der Waals surface area contributed by atoms with Crippen molar-refractivity contribution in [1.29, 1.82) is 0 Å². The van der Waals surface area contributed by atoms with Crippen molar-refractivity contribution in [1.82, 2.24) is 9.88 Å². The normalized spacial score (nSPS) is 23.2. The quantitative estimate of drug-likeness (QED) is 0.364. The predicted molar refractivity (Wildman–Crippen MR) is 105 cm³/mol. The summed E-state index contributed by atoms with van der Waals surface area (Å²) in [5, 5.41) is 0.745. The lowest BCUT2D eigenvalue weighted by Gasteiger charge is -2.23. The number of fused-ring (bicyclic) bond motifs is 2. The van der Waals surface area contributed by atoms with Crippen molar-refractivity contribution >= 4 is 34.5 Å². The van der Waals surface area contributed by atoms with Gasteiger partial charge in [0.25, 0.3) is 0 Å². The summed E-state index contributed by atoms with van der Waals surface area (Å²) < 4.78 is 5.35. The number of carbonyl (C=O) groups excluding carboxylic acids is 4. The molecule has 7 heteroatoms. The van der Waals surface area contributed by atoms with E-state index in [4.69, 9.17) is 4.74 Å². The second-order valence-corrected chi connectivity index (χ2v) is 7.57. The van der Waals surface area contributed by atoms with Crippen molar-refractivity contribution in [2.24, 2.45) is 11.8 Å². The first-order valence-corrected chi connectivity index (χ1v) is 9.73. The maximum absolute atomic E-state index is 12.8. The number of nitrogens with one attached hydrogen (secondary N) is 1. The van der Waals surface area contributed by atoms with E-state index in [0.29, 0.717) is 18.4 Å². The number of Topliss-reactive ketones (excluding diaryl/α,β-unsaturated/α-hetero) is 1. The molecule has 1 fully saturated rings. The summed E-state index contributed by atoms with van der Waals surface area (Å²) in [6.45, 7) is 2.96. The number of ether oxygens (including phenoxy) is 1. The van der Waals surface area contributed by atoms with Gasteiger partial charge in [0, 0.05) is 22.7 Å². The highest BCUT2D eigenvalue weighted by molar-refractivity contribution is 6.11. The SMILES string of the molecule is C[C@H](OC(=O)[C@H](C)N1C(=O)[C@H]2CC=CC[C@H]2C1=O)C(=O)c1c[nH]c2ccccc12.